The van der Waals surface area contributed by atoms with Gasteiger partial charge in [0.2, 0.25) is 0 Å². The lowest BCUT2D eigenvalue weighted by Crippen LogP contribution is -3.00. The van der Waals surface area contributed by atoms with Crippen LogP contribution >= 0.6 is 0 Å². The van der Waals surface area contributed by atoms with Gasteiger partial charge in [-0.1, -0.05) is 44.9 Å². The van der Waals surface area contributed by atoms with Crippen LogP contribution in [0.1, 0.15) is 94.1 Å². The molecule has 0 spiro atoms. The first-order chi connectivity index (χ1) is 21.9. The van der Waals surface area contributed by atoms with E-state index in [9.17, 15) is 14.7 Å². The number of phenolic OH excluding ortho intramolecular Hbond substituents is 1. The zero-order chi connectivity index (χ0) is 33.7. The van der Waals surface area contributed by atoms with Gasteiger partial charge in [-0.3, -0.25) is 9.59 Å². The smallest absolute Gasteiger partial charge is 0.277 e. The van der Waals surface area contributed by atoms with Gasteiger partial charge in [-0.2, -0.15) is 0 Å². The van der Waals surface area contributed by atoms with Crippen LogP contribution in [0.15, 0.2) is 42.5 Å². The number of methoxy groups -OCH3 is 1. The van der Waals surface area contributed by atoms with Gasteiger partial charge in [-0.15, -0.1) is 0 Å². The fourth-order valence-corrected chi connectivity index (χ4v) is 5.43. The molecule has 2 aromatic carbocycles. The number of carbonyl (C=O) groups is 2. The van der Waals surface area contributed by atoms with Crippen LogP contribution in [-0.2, 0) is 4.79 Å². The molecule has 260 valence electrons. The Morgan fingerprint density at radius 3 is 2.28 bits per heavy atom. The Hall–Kier alpha value is -3.30. The fraction of sp³-hybridized carbons (Fsp3) is 0.526. The Labute approximate surface area is 292 Å². The molecule has 1 N–H and O–H groups in total. The molecular weight excluding hydrogens is 660 g/mol. The molecular formula is C38H55BrN2O6. The van der Waals surface area contributed by atoms with Crippen molar-refractivity contribution in [3.63, 3.8) is 0 Å². The molecule has 8 nitrogen and oxygen atoms in total. The SMILES string of the molecule is CCCCN(CCCC)C(=O)C[N+](C)(C)CCCCCOc1ccc(/C=C/C(=O)c2c(OC)cc3c(c2O)C=CC(C)(C)O3)cc1.[Br-]. The van der Waals surface area contributed by atoms with Crippen LogP contribution in [-0.4, -0.2) is 85.8 Å². The van der Waals surface area contributed by atoms with Crippen molar-refractivity contribution in [2.45, 2.75) is 78.2 Å². The van der Waals surface area contributed by atoms with E-state index >= 15 is 0 Å². The van der Waals surface area contributed by atoms with Crippen molar-refractivity contribution in [1.82, 2.24) is 4.90 Å². The molecule has 1 heterocycles. The normalized spacial score (nSPS) is 13.4. The first-order valence-corrected chi connectivity index (χ1v) is 16.8. The number of hydrogen-bond donors (Lipinski definition) is 1. The maximum atomic E-state index is 13.1. The molecule has 0 unspecified atom stereocenters. The van der Waals surface area contributed by atoms with Crippen molar-refractivity contribution in [1.29, 1.82) is 0 Å². The summed E-state index contributed by atoms with van der Waals surface area (Å²) in [6.07, 6.45) is 14.1. The third kappa shape index (κ3) is 12.3. The second-order valence-electron chi connectivity index (χ2n) is 13.3. The number of aromatic hydroxyl groups is 1. The maximum Gasteiger partial charge on any atom is 0.277 e. The molecule has 9 heteroatoms. The van der Waals surface area contributed by atoms with Crippen LogP contribution in [0.5, 0.6) is 23.0 Å². The number of rotatable bonds is 19. The Bertz CT molecular complexity index is 1360. The van der Waals surface area contributed by atoms with E-state index in [0.29, 0.717) is 28.9 Å². The number of unbranched alkanes of at least 4 members (excludes halogenated alkanes) is 4. The molecule has 0 aliphatic carbocycles. The standard InChI is InChI=1S/C38H54N2O6.BrH/c1-8-10-23-39(24-11-9-2)35(42)28-40(5,6)25-13-12-14-26-45-30-18-15-29(16-19-30)17-20-32(41)36-34(44-7)27-33-31(37(36)43)21-22-38(3,4)46-33;/h15-22,27H,8-14,23-26,28H2,1-7H3;1H/b20-17+;. The van der Waals surface area contributed by atoms with Crippen LogP contribution in [0.2, 0.25) is 0 Å². The largest absolute Gasteiger partial charge is 1.00 e. The molecule has 0 atom stereocenters. The number of likely N-dealkylation sites (N-methyl/N-ethyl adjacent to an activating group) is 1. The van der Waals surface area contributed by atoms with E-state index in [-0.39, 0.29) is 45.7 Å². The van der Waals surface area contributed by atoms with Crippen molar-refractivity contribution in [2.24, 2.45) is 0 Å². The van der Waals surface area contributed by atoms with Crippen LogP contribution < -0.4 is 31.2 Å². The minimum Gasteiger partial charge on any atom is -1.00 e. The quantitative estimate of drug-likeness (QED) is 0.0997. The molecule has 3 rings (SSSR count). The second-order valence-corrected chi connectivity index (χ2v) is 13.3. The second kappa shape index (κ2) is 18.9. The highest BCUT2D eigenvalue weighted by Gasteiger charge is 2.28. The number of fused-ring (bicyclic) bond motifs is 1. The predicted molar refractivity (Wildman–Crippen MR) is 186 cm³/mol. The number of phenols is 1. The third-order valence-electron chi connectivity index (χ3n) is 8.22. The zero-order valence-corrected chi connectivity index (χ0v) is 31.0. The first kappa shape index (κ1) is 39.9. The summed E-state index contributed by atoms with van der Waals surface area (Å²) in [6, 6.07) is 9.21. The van der Waals surface area contributed by atoms with Crippen molar-refractivity contribution >= 4 is 23.8 Å². The third-order valence-corrected chi connectivity index (χ3v) is 8.22. The molecule has 0 fully saturated rings. The van der Waals surface area contributed by atoms with Gasteiger partial charge in [-0.25, -0.2) is 0 Å². The average Bonchev–Trinajstić information content (AvgIpc) is 3.01. The van der Waals surface area contributed by atoms with Crippen molar-refractivity contribution in [3.05, 3.63) is 59.2 Å². The molecule has 0 saturated carbocycles. The Morgan fingerprint density at radius 1 is 1.00 bits per heavy atom. The van der Waals surface area contributed by atoms with E-state index in [0.717, 1.165) is 75.9 Å². The number of hydrogen-bond acceptors (Lipinski definition) is 6. The minimum atomic E-state index is -0.519. The molecule has 0 bridgehead atoms. The number of amides is 1. The van der Waals surface area contributed by atoms with E-state index in [1.165, 1.54) is 13.2 Å². The fourth-order valence-electron chi connectivity index (χ4n) is 5.43. The van der Waals surface area contributed by atoms with Crippen LogP contribution in [0, 0.1) is 0 Å². The van der Waals surface area contributed by atoms with Gasteiger partial charge in [0.05, 0.1) is 39.9 Å². The maximum absolute atomic E-state index is 13.1. The minimum absolute atomic E-state index is 0. The van der Waals surface area contributed by atoms with Gasteiger partial charge in [0.15, 0.2) is 12.3 Å². The number of nitrogens with zero attached hydrogens (tertiary/aromatic N) is 2. The van der Waals surface area contributed by atoms with Gasteiger partial charge in [0.1, 0.15) is 34.2 Å². The number of carbonyl (C=O) groups excluding carboxylic acids is 2. The predicted octanol–water partition coefficient (Wildman–Crippen LogP) is 4.54. The van der Waals surface area contributed by atoms with Gasteiger partial charge in [0, 0.05) is 19.2 Å². The van der Waals surface area contributed by atoms with Crippen molar-refractivity contribution in [3.8, 4) is 23.0 Å². The Morgan fingerprint density at radius 2 is 1.66 bits per heavy atom. The summed E-state index contributed by atoms with van der Waals surface area (Å²) >= 11 is 0. The number of halogens is 1. The summed E-state index contributed by atoms with van der Waals surface area (Å²) in [7, 11) is 5.76. The summed E-state index contributed by atoms with van der Waals surface area (Å²) in [5, 5.41) is 10.9. The first-order valence-electron chi connectivity index (χ1n) is 16.8. The Balaban J connectivity index is 0.00000768. The zero-order valence-electron chi connectivity index (χ0n) is 29.4. The number of quaternary nitrogens is 1. The summed E-state index contributed by atoms with van der Waals surface area (Å²) in [5.74, 6) is 1.24. The summed E-state index contributed by atoms with van der Waals surface area (Å²) in [6.45, 7) is 12.0. The summed E-state index contributed by atoms with van der Waals surface area (Å²) in [5.41, 5.74) is 0.873. The van der Waals surface area contributed by atoms with E-state index in [1.807, 2.05) is 44.2 Å². The molecule has 1 aliphatic heterocycles. The molecule has 0 radical (unpaired) electrons. The lowest BCUT2D eigenvalue weighted by molar-refractivity contribution is -0.883. The van der Waals surface area contributed by atoms with Crippen molar-refractivity contribution in [2.75, 3.05) is 54.0 Å². The topological polar surface area (TPSA) is 85.3 Å². The lowest BCUT2D eigenvalue weighted by Gasteiger charge is -2.32. The molecule has 2 aromatic rings. The van der Waals surface area contributed by atoms with E-state index < -0.39 is 5.60 Å². The number of ketones is 1. The molecule has 0 aromatic heterocycles. The highest BCUT2D eigenvalue weighted by molar-refractivity contribution is 6.11. The Kier molecular flexibility index (Phi) is 16.0. The highest BCUT2D eigenvalue weighted by atomic mass is 79.9. The number of allylic oxidation sites excluding steroid dienone is 1. The van der Waals surface area contributed by atoms with E-state index in [4.69, 9.17) is 14.2 Å². The van der Waals surface area contributed by atoms with Crippen LogP contribution in [0.25, 0.3) is 12.2 Å². The lowest BCUT2D eigenvalue weighted by atomic mass is 9.97. The highest BCUT2D eigenvalue weighted by Crippen LogP contribution is 2.43. The molecule has 1 amide bonds. The summed E-state index contributed by atoms with van der Waals surface area (Å²) in [4.78, 5) is 28.1. The van der Waals surface area contributed by atoms with Gasteiger partial charge < -0.3 is 45.7 Å². The van der Waals surface area contributed by atoms with E-state index in [2.05, 4.69) is 32.8 Å². The monoisotopic (exact) mass is 714 g/mol. The molecule has 47 heavy (non-hydrogen) atoms. The van der Waals surface area contributed by atoms with Crippen LogP contribution in [0.4, 0.5) is 0 Å². The number of ether oxygens (including phenoxy) is 3. The van der Waals surface area contributed by atoms with Gasteiger partial charge in [-0.05, 0) is 81.9 Å². The van der Waals surface area contributed by atoms with Crippen molar-refractivity contribution < 1.29 is 50.4 Å². The van der Waals surface area contributed by atoms with Gasteiger partial charge in [0.25, 0.3) is 5.91 Å². The van der Waals surface area contributed by atoms with Gasteiger partial charge >= 0.3 is 0 Å². The molecule has 0 saturated heterocycles. The van der Waals surface area contributed by atoms with Crippen LogP contribution in [0.3, 0.4) is 0 Å². The average molecular weight is 716 g/mol. The van der Waals surface area contributed by atoms with E-state index in [1.54, 1.807) is 18.2 Å². The number of benzene rings is 2. The molecule has 1 aliphatic rings. The summed E-state index contributed by atoms with van der Waals surface area (Å²) < 4.78 is 18.0.